The lowest BCUT2D eigenvalue weighted by atomic mass is 10.2. The molecule has 25 heavy (non-hydrogen) atoms. The smallest absolute Gasteiger partial charge is 0.275 e. The molecule has 1 amide bonds. The number of carbonyl (C=O) groups excluding carboxylic acids is 1. The van der Waals surface area contributed by atoms with Crippen LogP contribution < -0.4 is 10.7 Å². The van der Waals surface area contributed by atoms with Gasteiger partial charge < -0.3 is 5.32 Å². The summed E-state index contributed by atoms with van der Waals surface area (Å²) in [6.07, 6.45) is 3.16. The third-order valence-corrected chi connectivity index (χ3v) is 4.09. The van der Waals surface area contributed by atoms with Gasteiger partial charge in [0, 0.05) is 24.3 Å². The molecule has 130 valence electrons. The van der Waals surface area contributed by atoms with Gasteiger partial charge in [0.15, 0.2) is 5.69 Å². The number of nitrogens with zero attached hydrogens (tertiary/aromatic N) is 4. The van der Waals surface area contributed by atoms with E-state index in [0.29, 0.717) is 34.0 Å². The summed E-state index contributed by atoms with van der Waals surface area (Å²) < 4.78 is 3.20. The fourth-order valence-electron chi connectivity index (χ4n) is 2.48. The summed E-state index contributed by atoms with van der Waals surface area (Å²) in [5, 5.41) is 12.2. The molecule has 0 spiro atoms. The number of aromatic nitrogens is 4. The molecule has 0 radical (unpaired) electrons. The lowest BCUT2D eigenvalue weighted by Crippen LogP contribution is -2.34. The van der Waals surface area contributed by atoms with Crippen molar-refractivity contribution in [2.45, 2.75) is 20.0 Å². The molecule has 0 fully saturated rings. The predicted octanol–water partition coefficient (Wildman–Crippen LogP) is 2.35. The molecule has 0 unspecified atom stereocenters. The number of fused-ring (bicyclic) bond motifs is 1. The Kier molecular flexibility index (Phi) is 5.06. The van der Waals surface area contributed by atoms with Gasteiger partial charge in [0.2, 0.25) is 5.43 Å². The highest BCUT2D eigenvalue weighted by Crippen LogP contribution is 2.16. The normalized spacial score (nSPS) is 11.0. The fourth-order valence-corrected chi connectivity index (χ4v) is 2.81. The van der Waals surface area contributed by atoms with Gasteiger partial charge in [-0.05, 0) is 25.1 Å². The highest BCUT2D eigenvalue weighted by Gasteiger charge is 2.17. The molecule has 2 heterocycles. The van der Waals surface area contributed by atoms with E-state index in [0.717, 1.165) is 0 Å². The number of rotatable bonds is 5. The van der Waals surface area contributed by atoms with E-state index in [1.54, 1.807) is 33.8 Å². The SMILES string of the molecule is CCn1nc(C(=O)NCCn2cc(Cl)cn2)c(=O)c2cc(Cl)ccc21. The number of aryl methyl sites for hydroxylation is 1. The zero-order valence-electron chi connectivity index (χ0n) is 13.4. The molecule has 7 nitrogen and oxygen atoms in total. The third kappa shape index (κ3) is 3.67. The molecule has 3 rings (SSSR count). The van der Waals surface area contributed by atoms with E-state index in [-0.39, 0.29) is 12.2 Å². The van der Waals surface area contributed by atoms with Crippen molar-refractivity contribution in [3.05, 3.63) is 56.6 Å². The van der Waals surface area contributed by atoms with Crippen molar-refractivity contribution in [3.63, 3.8) is 0 Å². The number of benzene rings is 1. The van der Waals surface area contributed by atoms with Crippen LogP contribution in [0, 0.1) is 0 Å². The van der Waals surface area contributed by atoms with Crippen LogP contribution in [-0.2, 0) is 13.1 Å². The molecule has 0 aliphatic heterocycles. The summed E-state index contributed by atoms with van der Waals surface area (Å²) in [4.78, 5) is 25.0. The number of carbonyl (C=O) groups is 1. The number of halogens is 2. The first kappa shape index (κ1) is 17.4. The molecule has 0 saturated carbocycles. The molecule has 1 N–H and O–H groups in total. The predicted molar refractivity (Wildman–Crippen MR) is 96.3 cm³/mol. The third-order valence-electron chi connectivity index (χ3n) is 3.66. The molecule has 0 bridgehead atoms. The monoisotopic (exact) mass is 379 g/mol. The minimum atomic E-state index is -0.535. The van der Waals surface area contributed by atoms with E-state index < -0.39 is 11.3 Å². The van der Waals surface area contributed by atoms with Gasteiger partial charge in [-0.3, -0.25) is 19.0 Å². The van der Waals surface area contributed by atoms with Crippen LogP contribution in [0.5, 0.6) is 0 Å². The summed E-state index contributed by atoms with van der Waals surface area (Å²) in [7, 11) is 0. The van der Waals surface area contributed by atoms with Crippen LogP contribution in [0.25, 0.3) is 10.9 Å². The van der Waals surface area contributed by atoms with Crippen molar-refractivity contribution in [2.75, 3.05) is 6.54 Å². The maximum absolute atomic E-state index is 12.6. The van der Waals surface area contributed by atoms with Crippen molar-refractivity contribution >= 4 is 40.0 Å². The minimum Gasteiger partial charge on any atom is -0.349 e. The van der Waals surface area contributed by atoms with Crippen molar-refractivity contribution in [3.8, 4) is 0 Å². The Morgan fingerprint density at radius 1 is 1.28 bits per heavy atom. The van der Waals surface area contributed by atoms with Crippen LogP contribution in [0.2, 0.25) is 10.0 Å². The highest BCUT2D eigenvalue weighted by molar-refractivity contribution is 6.31. The standard InChI is InChI=1S/C16H15Cl2N5O2/c1-2-23-13-4-3-10(17)7-12(13)15(24)14(21-23)16(25)19-5-6-22-9-11(18)8-20-22/h3-4,7-9H,2,5-6H2,1H3,(H,19,25). The highest BCUT2D eigenvalue weighted by atomic mass is 35.5. The molecule has 3 aromatic rings. The van der Waals surface area contributed by atoms with Crippen LogP contribution >= 0.6 is 23.2 Å². The molecular formula is C16H15Cl2N5O2. The number of nitrogens with one attached hydrogen (secondary N) is 1. The van der Waals surface area contributed by atoms with Crippen molar-refractivity contribution in [1.82, 2.24) is 24.9 Å². The molecular weight excluding hydrogens is 365 g/mol. The zero-order valence-corrected chi connectivity index (χ0v) is 14.9. The van der Waals surface area contributed by atoms with Gasteiger partial charge >= 0.3 is 0 Å². The van der Waals surface area contributed by atoms with E-state index in [9.17, 15) is 9.59 Å². The van der Waals surface area contributed by atoms with E-state index >= 15 is 0 Å². The molecule has 0 aliphatic rings. The Balaban J connectivity index is 1.85. The average Bonchev–Trinajstić information content (AvgIpc) is 3.00. The van der Waals surface area contributed by atoms with E-state index in [1.165, 1.54) is 6.20 Å². The lowest BCUT2D eigenvalue weighted by Gasteiger charge is -2.10. The lowest BCUT2D eigenvalue weighted by molar-refractivity contribution is 0.0944. The summed E-state index contributed by atoms with van der Waals surface area (Å²) in [5.74, 6) is -0.535. The molecule has 1 aromatic carbocycles. The first-order chi connectivity index (χ1) is 12.0. The second-order valence-corrected chi connectivity index (χ2v) is 6.21. The van der Waals surface area contributed by atoms with Gasteiger partial charge in [-0.25, -0.2) is 0 Å². The quantitative estimate of drug-likeness (QED) is 0.737. The molecule has 0 atom stereocenters. The second kappa shape index (κ2) is 7.25. The van der Waals surface area contributed by atoms with Gasteiger partial charge in [-0.1, -0.05) is 23.2 Å². The Morgan fingerprint density at radius 2 is 2.08 bits per heavy atom. The zero-order chi connectivity index (χ0) is 18.0. The first-order valence-corrected chi connectivity index (χ1v) is 8.41. The number of amides is 1. The van der Waals surface area contributed by atoms with Crippen molar-refractivity contribution in [2.24, 2.45) is 0 Å². The largest absolute Gasteiger partial charge is 0.349 e. The Morgan fingerprint density at radius 3 is 2.76 bits per heavy atom. The van der Waals surface area contributed by atoms with Crippen LogP contribution in [0.1, 0.15) is 17.4 Å². The van der Waals surface area contributed by atoms with Gasteiger partial charge in [0.25, 0.3) is 5.91 Å². The van der Waals surface area contributed by atoms with E-state index in [4.69, 9.17) is 23.2 Å². The van der Waals surface area contributed by atoms with Crippen LogP contribution in [0.3, 0.4) is 0 Å². The molecule has 2 aromatic heterocycles. The topological polar surface area (TPSA) is 81.8 Å². The van der Waals surface area contributed by atoms with Gasteiger partial charge in [-0.15, -0.1) is 0 Å². The van der Waals surface area contributed by atoms with Crippen LogP contribution in [0.4, 0.5) is 0 Å². The van der Waals surface area contributed by atoms with E-state index in [2.05, 4.69) is 15.5 Å². The average molecular weight is 380 g/mol. The first-order valence-electron chi connectivity index (χ1n) is 7.66. The van der Waals surface area contributed by atoms with Crippen molar-refractivity contribution < 1.29 is 4.79 Å². The Labute approximate surface area is 153 Å². The number of hydrogen-bond donors (Lipinski definition) is 1. The summed E-state index contributed by atoms with van der Waals surface area (Å²) in [5.41, 5.74) is 0.0385. The second-order valence-electron chi connectivity index (χ2n) is 5.33. The Hall–Kier alpha value is -2.38. The molecule has 0 aliphatic carbocycles. The fraction of sp³-hybridized carbons (Fsp3) is 0.250. The van der Waals surface area contributed by atoms with Crippen LogP contribution in [0.15, 0.2) is 35.4 Å². The van der Waals surface area contributed by atoms with Crippen LogP contribution in [-0.4, -0.2) is 32.0 Å². The maximum atomic E-state index is 12.6. The van der Waals surface area contributed by atoms with Gasteiger partial charge in [0.1, 0.15) is 0 Å². The van der Waals surface area contributed by atoms with Crippen molar-refractivity contribution in [1.29, 1.82) is 0 Å². The summed E-state index contributed by atoms with van der Waals surface area (Å²) >= 11 is 11.8. The van der Waals surface area contributed by atoms with Gasteiger partial charge in [0.05, 0.1) is 28.7 Å². The van der Waals surface area contributed by atoms with Gasteiger partial charge in [-0.2, -0.15) is 10.2 Å². The van der Waals surface area contributed by atoms with E-state index in [1.807, 2.05) is 6.92 Å². The summed E-state index contributed by atoms with van der Waals surface area (Å²) in [6.45, 7) is 3.12. The Bertz CT molecular complexity index is 996. The molecule has 9 heteroatoms. The number of hydrogen-bond acceptors (Lipinski definition) is 4. The molecule has 0 saturated heterocycles. The minimum absolute atomic E-state index is 0.157. The summed E-state index contributed by atoms with van der Waals surface area (Å²) in [6, 6.07) is 4.96. The maximum Gasteiger partial charge on any atom is 0.275 e.